The van der Waals surface area contributed by atoms with E-state index in [0.29, 0.717) is 23.4 Å². The molecule has 0 bridgehead atoms. The second-order valence-corrected chi connectivity index (χ2v) is 5.88. The fourth-order valence-electron chi connectivity index (χ4n) is 2.54. The number of hydrogen-bond donors (Lipinski definition) is 1. The molecule has 0 saturated carbocycles. The van der Waals surface area contributed by atoms with Crippen LogP contribution in [0, 0.1) is 6.92 Å². The van der Waals surface area contributed by atoms with Crippen LogP contribution in [0.4, 0.5) is 5.69 Å². The standard InChI is InChI=1S/C20H19N3O3/c1-14-4-7-17(20(25)26-2)12-18(14)22-19(24)16-8-5-15(6-9-16)13-23-11-3-10-21-23/h3-12H,13H2,1-2H3,(H,22,24). The molecule has 1 N–H and O–H groups in total. The van der Waals surface area contributed by atoms with E-state index < -0.39 is 5.97 Å². The Bertz CT molecular complexity index is 916. The molecule has 3 aromatic rings. The number of esters is 1. The predicted octanol–water partition coefficient (Wildman–Crippen LogP) is 3.28. The van der Waals surface area contributed by atoms with E-state index in [-0.39, 0.29) is 5.91 Å². The summed E-state index contributed by atoms with van der Waals surface area (Å²) in [5.74, 6) is -0.677. The van der Waals surface area contributed by atoms with Crippen molar-refractivity contribution in [2.45, 2.75) is 13.5 Å². The minimum Gasteiger partial charge on any atom is -0.465 e. The summed E-state index contributed by atoms with van der Waals surface area (Å²) in [5.41, 5.74) is 3.42. The van der Waals surface area contributed by atoms with Gasteiger partial charge in [-0.15, -0.1) is 0 Å². The Morgan fingerprint density at radius 2 is 1.85 bits per heavy atom. The molecule has 0 aliphatic rings. The summed E-state index contributed by atoms with van der Waals surface area (Å²) in [4.78, 5) is 24.2. The smallest absolute Gasteiger partial charge is 0.337 e. The lowest BCUT2D eigenvalue weighted by atomic mass is 10.1. The van der Waals surface area contributed by atoms with E-state index in [9.17, 15) is 9.59 Å². The van der Waals surface area contributed by atoms with Gasteiger partial charge in [-0.2, -0.15) is 5.10 Å². The van der Waals surface area contributed by atoms with E-state index in [1.807, 2.05) is 36.0 Å². The summed E-state index contributed by atoms with van der Waals surface area (Å²) >= 11 is 0. The highest BCUT2D eigenvalue weighted by atomic mass is 16.5. The van der Waals surface area contributed by atoms with Gasteiger partial charge in [-0.3, -0.25) is 9.48 Å². The van der Waals surface area contributed by atoms with Gasteiger partial charge in [0.1, 0.15) is 0 Å². The molecule has 132 valence electrons. The number of amides is 1. The van der Waals surface area contributed by atoms with E-state index in [2.05, 4.69) is 10.4 Å². The Morgan fingerprint density at radius 3 is 2.50 bits per heavy atom. The van der Waals surface area contributed by atoms with Gasteiger partial charge >= 0.3 is 5.97 Å². The van der Waals surface area contributed by atoms with Gasteiger partial charge < -0.3 is 10.1 Å². The van der Waals surface area contributed by atoms with Crippen molar-refractivity contribution in [1.29, 1.82) is 0 Å². The van der Waals surface area contributed by atoms with Crippen molar-refractivity contribution in [1.82, 2.24) is 9.78 Å². The van der Waals surface area contributed by atoms with Crippen LogP contribution in [0.1, 0.15) is 31.8 Å². The van der Waals surface area contributed by atoms with Gasteiger partial charge in [0.25, 0.3) is 5.91 Å². The minimum absolute atomic E-state index is 0.235. The van der Waals surface area contributed by atoms with Crippen LogP contribution < -0.4 is 5.32 Å². The number of carbonyl (C=O) groups is 2. The number of carbonyl (C=O) groups excluding carboxylic acids is 2. The van der Waals surface area contributed by atoms with Gasteiger partial charge in [-0.25, -0.2) is 4.79 Å². The Hall–Kier alpha value is -3.41. The lowest BCUT2D eigenvalue weighted by molar-refractivity contribution is 0.0600. The number of methoxy groups -OCH3 is 1. The highest BCUT2D eigenvalue weighted by Crippen LogP contribution is 2.19. The summed E-state index contributed by atoms with van der Waals surface area (Å²) in [5, 5.41) is 7.01. The third-order valence-electron chi connectivity index (χ3n) is 4.03. The number of hydrogen-bond acceptors (Lipinski definition) is 4. The Morgan fingerprint density at radius 1 is 1.12 bits per heavy atom. The lowest BCUT2D eigenvalue weighted by Gasteiger charge is -2.10. The van der Waals surface area contributed by atoms with Crippen molar-refractivity contribution in [2.75, 3.05) is 12.4 Å². The number of benzene rings is 2. The first-order valence-electron chi connectivity index (χ1n) is 8.13. The molecule has 0 unspecified atom stereocenters. The fourth-order valence-corrected chi connectivity index (χ4v) is 2.54. The number of aryl methyl sites for hydroxylation is 1. The van der Waals surface area contributed by atoms with Crippen LogP contribution in [0.5, 0.6) is 0 Å². The topological polar surface area (TPSA) is 73.2 Å². The van der Waals surface area contributed by atoms with Gasteiger partial charge in [-0.1, -0.05) is 18.2 Å². The van der Waals surface area contributed by atoms with E-state index in [4.69, 9.17) is 4.74 Å². The normalized spacial score (nSPS) is 10.4. The molecule has 1 aromatic heterocycles. The van der Waals surface area contributed by atoms with Crippen LogP contribution in [-0.2, 0) is 11.3 Å². The van der Waals surface area contributed by atoms with E-state index in [0.717, 1.165) is 11.1 Å². The third kappa shape index (κ3) is 3.97. The Kier molecular flexibility index (Phi) is 5.12. The number of aromatic nitrogens is 2. The zero-order valence-corrected chi connectivity index (χ0v) is 14.6. The van der Waals surface area contributed by atoms with Gasteiger partial charge in [0.15, 0.2) is 0 Å². The van der Waals surface area contributed by atoms with Crippen molar-refractivity contribution >= 4 is 17.6 Å². The monoisotopic (exact) mass is 349 g/mol. The molecule has 0 fully saturated rings. The minimum atomic E-state index is -0.441. The molecule has 0 radical (unpaired) electrons. The van der Waals surface area contributed by atoms with Crippen molar-refractivity contribution in [3.63, 3.8) is 0 Å². The molecule has 2 aromatic carbocycles. The van der Waals surface area contributed by atoms with Gasteiger partial charge in [0.2, 0.25) is 0 Å². The molecule has 3 rings (SSSR count). The number of nitrogens with zero attached hydrogens (tertiary/aromatic N) is 2. The molecule has 0 aliphatic carbocycles. The molecule has 6 heteroatoms. The Balaban J connectivity index is 1.72. The molecular formula is C20H19N3O3. The number of anilines is 1. The average Bonchev–Trinajstić information content (AvgIpc) is 3.16. The second-order valence-electron chi connectivity index (χ2n) is 5.88. The zero-order valence-electron chi connectivity index (χ0n) is 14.6. The summed E-state index contributed by atoms with van der Waals surface area (Å²) in [6.45, 7) is 2.51. The maximum absolute atomic E-state index is 12.5. The highest BCUT2D eigenvalue weighted by molar-refractivity contribution is 6.05. The SMILES string of the molecule is COC(=O)c1ccc(C)c(NC(=O)c2ccc(Cn3cccn3)cc2)c1. The number of rotatable bonds is 5. The maximum atomic E-state index is 12.5. The number of nitrogens with one attached hydrogen (secondary N) is 1. The predicted molar refractivity (Wildman–Crippen MR) is 98.2 cm³/mol. The molecule has 1 heterocycles. The van der Waals surface area contributed by atoms with Crippen molar-refractivity contribution in [3.05, 3.63) is 83.2 Å². The zero-order chi connectivity index (χ0) is 18.5. The summed E-state index contributed by atoms with van der Waals surface area (Å²) < 4.78 is 6.53. The molecule has 0 aliphatic heterocycles. The molecule has 26 heavy (non-hydrogen) atoms. The largest absolute Gasteiger partial charge is 0.465 e. The average molecular weight is 349 g/mol. The van der Waals surface area contributed by atoms with Crippen LogP contribution >= 0.6 is 0 Å². The molecule has 0 saturated heterocycles. The number of ether oxygens (including phenoxy) is 1. The summed E-state index contributed by atoms with van der Waals surface area (Å²) in [6.07, 6.45) is 3.62. The molecule has 1 amide bonds. The van der Waals surface area contributed by atoms with Crippen molar-refractivity contribution in [3.8, 4) is 0 Å². The first-order chi connectivity index (χ1) is 12.6. The fraction of sp³-hybridized carbons (Fsp3) is 0.150. The van der Waals surface area contributed by atoms with Crippen LogP contribution in [0.25, 0.3) is 0 Å². The second kappa shape index (κ2) is 7.65. The van der Waals surface area contributed by atoms with Gasteiger partial charge in [0.05, 0.1) is 19.2 Å². The van der Waals surface area contributed by atoms with Crippen LogP contribution in [0.3, 0.4) is 0 Å². The molecule has 6 nitrogen and oxygen atoms in total. The van der Waals surface area contributed by atoms with E-state index >= 15 is 0 Å². The van der Waals surface area contributed by atoms with Crippen molar-refractivity contribution in [2.24, 2.45) is 0 Å². The highest BCUT2D eigenvalue weighted by Gasteiger charge is 2.11. The lowest BCUT2D eigenvalue weighted by Crippen LogP contribution is -2.14. The van der Waals surface area contributed by atoms with E-state index in [1.165, 1.54) is 7.11 Å². The summed E-state index contributed by atoms with van der Waals surface area (Å²) in [7, 11) is 1.32. The molecule has 0 spiro atoms. The quantitative estimate of drug-likeness (QED) is 0.718. The van der Waals surface area contributed by atoms with Gasteiger partial charge in [0, 0.05) is 23.6 Å². The van der Waals surface area contributed by atoms with Crippen LogP contribution in [0.15, 0.2) is 60.9 Å². The molecular weight excluding hydrogens is 330 g/mol. The first-order valence-corrected chi connectivity index (χ1v) is 8.13. The van der Waals surface area contributed by atoms with Crippen LogP contribution in [-0.4, -0.2) is 28.8 Å². The maximum Gasteiger partial charge on any atom is 0.337 e. The van der Waals surface area contributed by atoms with E-state index in [1.54, 1.807) is 36.5 Å². The molecule has 0 atom stereocenters. The van der Waals surface area contributed by atoms with Gasteiger partial charge in [-0.05, 0) is 48.4 Å². The van der Waals surface area contributed by atoms with Crippen molar-refractivity contribution < 1.29 is 14.3 Å². The summed E-state index contributed by atoms with van der Waals surface area (Å²) in [6, 6.07) is 14.3. The van der Waals surface area contributed by atoms with Crippen LogP contribution in [0.2, 0.25) is 0 Å². The third-order valence-corrected chi connectivity index (χ3v) is 4.03. The first kappa shape index (κ1) is 17.4. The Labute approximate surface area is 151 Å².